The van der Waals surface area contributed by atoms with Crippen LogP contribution >= 0.6 is 0 Å². The molecule has 0 spiro atoms. The molecule has 0 radical (unpaired) electrons. The maximum absolute atomic E-state index is 12.4. The number of nitrogens with zero attached hydrogens (tertiary/aromatic N) is 5. The molecule has 0 bridgehead atoms. The van der Waals surface area contributed by atoms with Gasteiger partial charge in [-0.2, -0.15) is 5.10 Å². The van der Waals surface area contributed by atoms with Gasteiger partial charge in [0.2, 0.25) is 10.0 Å². The van der Waals surface area contributed by atoms with Crippen LogP contribution < -0.4 is 5.32 Å². The number of nitrogens with one attached hydrogen (secondary N) is 1. The normalized spacial score (nSPS) is 12.0. The van der Waals surface area contributed by atoms with E-state index in [0.717, 1.165) is 5.39 Å². The van der Waals surface area contributed by atoms with Crippen LogP contribution in [0.4, 0.5) is 5.82 Å². The maximum Gasteiger partial charge on any atom is 0.242 e. The highest BCUT2D eigenvalue weighted by Crippen LogP contribution is 2.22. The van der Waals surface area contributed by atoms with Crippen LogP contribution in [0.1, 0.15) is 5.56 Å². The molecule has 0 unspecified atom stereocenters. The van der Waals surface area contributed by atoms with E-state index in [9.17, 15) is 8.42 Å². The summed E-state index contributed by atoms with van der Waals surface area (Å²) in [4.78, 5) is 8.69. The summed E-state index contributed by atoms with van der Waals surface area (Å²) in [5.74, 6) is 0.616. The molecule has 0 aliphatic heterocycles. The highest BCUT2D eigenvalue weighted by atomic mass is 32.2. The minimum absolute atomic E-state index is 0.277. The fourth-order valence-corrected chi connectivity index (χ4v) is 3.50. The zero-order chi connectivity index (χ0) is 17.3. The summed E-state index contributed by atoms with van der Waals surface area (Å²) in [6.45, 7) is 0.324. The third-order valence-electron chi connectivity index (χ3n) is 3.71. The first-order valence-electron chi connectivity index (χ1n) is 7.28. The smallest absolute Gasteiger partial charge is 0.242 e. The van der Waals surface area contributed by atoms with Crippen LogP contribution in [0.25, 0.3) is 11.0 Å². The third kappa shape index (κ3) is 2.83. The van der Waals surface area contributed by atoms with E-state index < -0.39 is 10.0 Å². The summed E-state index contributed by atoms with van der Waals surface area (Å²) in [5, 5.41) is 8.13. The fourth-order valence-electron chi connectivity index (χ4n) is 2.38. The average Bonchev–Trinajstić information content (AvgIpc) is 2.95. The molecule has 0 aliphatic rings. The van der Waals surface area contributed by atoms with E-state index in [1.165, 1.54) is 24.7 Å². The monoisotopic (exact) mass is 346 g/mol. The van der Waals surface area contributed by atoms with Crippen LogP contribution in [-0.2, 0) is 23.6 Å². The van der Waals surface area contributed by atoms with Gasteiger partial charge in [0.25, 0.3) is 0 Å². The predicted octanol–water partition coefficient (Wildman–Crippen LogP) is 1.23. The summed E-state index contributed by atoms with van der Waals surface area (Å²) >= 11 is 0. The third-order valence-corrected chi connectivity index (χ3v) is 5.62. The second-order valence-electron chi connectivity index (χ2n) is 5.48. The number of rotatable bonds is 5. The molecule has 0 saturated carbocycles. The first kappa shape index (κ1) is 16.3. The van der Waals surface area contributed by atoms with Gasteiger partial charge in [-0.05, 0) is 11.6 Å². The Bertz CT molecular complexity index is 981. The minimum Gasteiger partial charge on any atom is -0.365 e. The molecule has 0 fully saturated rings. The van der Waals surface area contributed by atoms with E-state index in [2.05, 4.69) is 20.4 Å². The molecule has 0 saturated heterocycles. The number of aromatic nitrogens is 4. The SMILES string of the molecule is CN(C)S(=O)(=O)c1ccccc1CNc1ncnc2c1cnn2C. The largest absolute Gasteiger partial charge is 0.365 e. The van der Waals surface area contributed by atoms with Crippen molar-refractivity contribution in [2.45, 2.75) is 11.4 Å². The van der Waals surface area contributed by atoms with Crippen molar-refractivity contribution in [1.82, 2.24) is 24.1 Å². The van der Waals surface area contributed by atoms with E-state index in [-0.39, 0.29) is 4.90 Å². The van der Waals surface area contributed by atoms with Gasteiger partial charge in [-0.1, -0.05) is 18.2 Å². The molecule has 3 aromatic rings. The highest BCUT2D eigenvalue weighted by molar-refractivity contribution is 7.89. The maximum atomic E-state index is 12.4. The number of aryl methyl sites for hydroxylation is 1. The standard InChI is InChI=1S/C15H18N6O2S/c1-20(2)24(22,23)13-7-5-4-6-11(13)8-16-14-12-9-19-21(3)15(12)18-10-17-14/h4-7,9-10H,8H2,1-3H3,(H,16,17,18). The molecular formula is C15H18N6O2S. The number of fused-ring (bicyclic) bond motifs is 1. The van der Waals surface area contributed by atoms with Crippen LogP contribution in [0.2, 0.25) is 0 Å². The molecule has 9 heteroatoms. The molecule has 0 aliphatic carbocycles. The lowest BCUT2D eigenvalue weighted by molar-refractivity contribution is 0.520. The molecule has 2 heterocycles. The minimum atomic E-state index is -3.51. The van der Waals surface area contributed by atoms with Crippen molar-refractivity contribution in [3.63, 3.8) is 0 Å². The van der Waals surface area contributed by atoms with Crippen LogP contribution in [0, 0.1) is 0 Å². The van der Waals surface area contributed by atoms with Crippen molar-refractivity contribution in [3.8, 4) is 0 Å². The van der Waals surface area contributed by atoms with Gasteiger partial charge in [0, 0.05) is 27.7 Å². The highest BCUT2D eigenvalue weighted by Gasteiger charge is 2.20. The Kier molecular flexibility index (Phi) is 4.20. The molecular weight excluding hydrogens is 328 g/mol. The number of hydrogen-bond acceptors (Lipinski definition) is 6. The average molecular weight is 346 g/mol. The predicted molar refractivity (Wildman–Crippen MR) is 90.9 cm³/mol. The Hall–Kier alpha value is -2.52. The lowest BCUT2D eigenvalue weighted by atomic mass is 10.2. The van der Waals surface area contributed by atoms with Crippen LogP contribution in [0.5, 0.6) is 0 Å². The quantitative estimate of drug-likeness (QED) is 0.747. The van der Waals surface area contributed by atoms with Crippen molar-refractivity contribution < 1.29 is 8.42 Å². The van der Waals surface area contributed by atoms with E-state index in [0.29, 0.717) is 23.6 Å². The van der Waals surface area contributed by atoms with Crippen molar-refractivity contribution in [2.24, 2.45) is 7.05 Å². The topological polar surface area (TPSA) is 93.0 Å². The summed E-state index contributed by atoms with van der Waals surface area (Å²) in [6, 6.07) is 6.91. The summed E-state index contributed by atoms with van der Waals surface area (Å²) < 4.78 is 27.7. The van der Waals surface area contributed by atoms with E-state index in [1.807, 2.05) is 6.07 Å². The summed E-state index contributed by atoms with van der Waals surface area (Å²) in [5.41, 5.74) is 1.38. The van der Waals surface area contributed by atoms with Crippen LogP contribution in [0.15, 0.2) is 41.7 Å². The van der Waals surface area contributed by atoms with E-state index in [4.69, 9.17) is 0 Å². The molecule has 0 amide bonds. The van der Waals surface area contributed by atoms with Crippen LogP contribution in [0.3, 0.4) is 0 Å². The molecule has 3 rings (SSSR count). The van der Waals surface area contributed by atoms with E-state index >= 15 is 0 Å². The molecule has 8 nitrogen and oxygen atoms in total. The van der Waals surface area contributed by atoms with Crippen molar-refractivity contribution >= 4 is 26.9 Å². The first-order chi connectivity index (χ1) is 11.4. The fraction of sp³-hybridized carbons (Fsp3) is 0.267. The van der Waals surface area contributed by atoms with Gasteiger partial charge in [0.1, 0.15) is 12.1 Å². The van der Waals surface area contributed by atoms with Gasteiger partial charge in [0.15, 0.2) is 5.65 Å². The lowest BCUT2D eigenvalue weighted by Crippen LogP contribution is -2.23. The lowest BCUT2D eigenvalue weighted by Gasteiger charge is -2.15. The Labute approximate surface area is 140 Å². The van der Waals surface area contributed by atoms with Gasteiger partial charge in [-0.3, -0.25) is 4.68 Å². The molecule has 1 aromatic carbocycles. The molecule has 1 N–H and O–H groups in total. The number of hydrogen-bond donors (Lipinski definition) is 1. The Balaban J connectivity index is 1.93. The molecule has 24 heavy (non-hydrogen) atoms. The first-order valence-corrected chi connectivity index (χ1v) is 8.72. The Morgan fingerprint density at radius 2 is 1.96 bits per heavy atom. The van der Waals surface area contributed by atoms with Gasteiger partial charge in [-0.15, -0.1) is 0 Å². The second kappa shape index (κ2) is 6.17. The van der Waals surface area contributed by atoms with Crippen LogP contribution in [-0.4, -0.2) is 46.6 Å². The summed E-state index contributed by atoms with van der Waals surface area (Å²) in [7, 11) is 1.33. The zero-order valence-corrected chi connectivity index (χ0v) is 14.4. The Morgan fingerprint density at radius 3 is 2.71 bits per heavy atom. The Morgan fingerprint density at radius 1 is 1.21 bits per heavy atom. The zero-order valence-electron chi connectivity index (χ0n) is 13.6. The van der Waals surface area contributed by atoms with Gasteiger partial charge >= 0.3 is 0 Å². The van der Waals surface area contributed by atoms with Crippen molar-refractivity contribution in [3.05, 3.63) is 42.4 Å². The van der Waals surface area contributed by atoms with Crippen molar-refractivity contribution in [1.29, 1.82) is 0 Å². The molecule has 126 valence electrons. The van der Waals surface area contributed by atoms with E-state index in [1.54, 1.807) is 36.1 Å². The van der Waals surface area contributed by atoms with Crippen molar-refractivity contribution in [2.75, 3.05) is 19.4 Å². The van der Waals surface area contributed by atoms with Gasteiger partial charge in [-0.25, -0.2) is 22.7 Å². The number of sulfonamides is 1. The number of benzene rings is 1. The van der Waals surface area contributed by atoms with Gasteiger partial charge in [0.05, 0.1) is 16.5 Å². The summed E-state index contributed by atoms with van der Waals surface area (Å²) in [6.07, 6.45) is 3.13. The molecule has 2 aromatic heterocycles. The second-order valence-corrected chi connectivity index (χ2v) is 7.60. The molecule has 0 atom stereocenters. The van der Waals surface area contributed by atoms with Gasteiger partial charge < -0.3 is 5.32 Å². The number of anilines is 1.